The first-order chi connectivity index (χ1) is 12.3. The summed E-state index contributed by atoms with van der Waals surface area (Å²) in [4.78, 5) is 0. The predicted octanol–water partition coefficient (Wildman–Crippen LogP) is 9.71. The zero-order valence-corrected chi connectivity index (χ0v) is 18.6. The van der Waals surface area contributed by atoms with E-state index in [1.807, 2.05) is 0 Å². The van der Waals surface area contributed by atoms with Crippen molar-refractivity contribution in [2.24, 2.45) is 11.8 Å². The third kappa shape index (κ3) is 17.2. The Morgan fingerprint density at radius 3 is 1.24 bits per heavy atom. The van der Waals surface area contributed by atoms with Gasteiger partial charge in [-0.2, -0.15) is 0 Å². The average Bonchev–Trinajstić information content (AvgIpc) is 2.63. The van der Waals surface area contributed by atoms with Crippen LogP contribution in [0.5, 0.6) is 0 Å². The molecule has 0 rings (SSSR count). The highest BCUT2D eigenvalue weighted by Crippen LogP contribution is 2.29. The lowest BCUT2D eigenvalue weighted by atomic mass is 9.83. The van der Waals surface area contributed by atoms with Crippen LogP contribution in [0.3, 0.4) is 0 Å². The zero-order chi connectivity index (χ0) is 18.6. The number of hydrogen-bond acceptors (Lipinski definition) is 0. The fourth-order valence-electron chi connectivity index (χ4n) is 4.27. The van der Waals surface area contributed by atoms with Crippen LogP contribution in [0.1, 0.15) is 150 Å². The number of unbranched alkanes of at least 4 members (excludes halogenated alkanes) is 11. The van der Waals surface area contributed by atoms with E-state index in [0.717, 1.165) is 11.8 Å². The largest absolute Gasteiger partial charge is 0.0654 e. The lowest BCUT2D eigenvalue weighted by molar-refractivity contribution is 0.294. The molecule has 0 amide bonds. The van der Waals surface area contributed by atoms with E-state index in [0.29, 0.717) is 0 Å². The molecule has 0 aromatic heterocycles. The third-order valence-corrected chi connectivity index (χ3v) is 6.14. The molecule has 0 radical (unpaired) electrons. The third-order valence-electron chi connectivity index (χ3n) is 6.14. The molecule has 0 N–H and O–H groups in total. The lowest BCUT2D eigenvalue weighted by Crippen LogP contribution is -2.09. The van der Waals surface area contributed by atoms with E-state index in [-0.39, 0.29) is 0 Å². The van der Waals surface area contributed by atoms with Crippen molar-refractivity contribution in [1.82, 2.24) is 0 Å². The lowest BCUT2D eigenvalue weighted by Gasteiger charge is -2.23. The van der Waals surface area contributed by atoms with E-state index < -0.39 is 0 Å². The molecule has 0 nitrogen and oxygen atoms in total. The Bertz CT molecular complexity index is 232. The summed E-state index contributed by atoms with van der Waals surface area (Å²) < 4.78 is 0. The van der Waals surface area contributed by atoms with Gasteiger partial charge in [-0.3, -0.25) is 0 Å². The highest BCUT2D eigenvalue weighted by molar-refractivity contribution is 4.67. The summed E-state index contributed by atoms with van der Waals surface area (Å²) in [6.07, 6.45) is 27.7. The van der Waals surface area contributed by atoms with Crippen molar-refractivity contribution in [1.29, 1.82) is 0 Å². The fourth-order valence-corrected chi connectivity index (χ4v) is 4.27. The van der Waals surface area contributed by atoms with Crippen molar-refractivity contribution in [3.05, 3.63) is 0 Å². The molecule has 0 aliphatic rings. The monoisotopic (exact) mass is 352 g/mol. The Hall–Kier alpha value is 0. The topological polar surface area (TPSA) is 0 Å². The van der Waals surface area contributed by atoms with Crippen LogP contribution in [-0.4, -0.2) is 0 Å². The normalized spacial score (nSPS) is 13.9. The highest BCUT2D eigenvalue weighted by Gasteiger charge is 2.15. The summed E-state index contributed by atoms with van der Waals surface area (Å²) in [5.41, 5.74) is 0. The number of rotatable bonds is 20. The summed E-state index contributed by atoms with van der Waals surface area (Å²) in [5, 5.41) is 0. The van der Waals surface area contributed by atoms with Crippen molar-refractivity contribution in [3.63, 3.8) is 0 Å². The maximum absolute atomic E-state index is 2.44. The van der Waals surface area contributed by atoms with Gasteiger partial charge < -0.3 is 0 Å². The van der Waals surface area contributed by atoms with Gasteiger partial charge in [0.2, 0.25) is 0 Å². The molecule has 0 heteroatoms. The Morgan fingerprint density at radius 2 is 0.760 bits per heavy atom. The predicted molar refractivity (Wildman–Crippen MR) is 117 cm³/mol. The SMILES string of the molecule is CCCCCCCCC(CC)CC(CCCCC)CCCCCCC. The minimum absolute atomic E-state index is 1.01. The van der Waals surface area contributed by atoms with Crippen molar-refractivity contribution in [2.75, 3.05) is 0 Å². The average molecular weight is 353 g/mol. The van der Waals surface area contributed by atoms with Gasteiger partial charge in [0, 0.05) is 0 Å². The molecule has 0 bridgehead atoms. The second-order valence-corrected chi connectivity index (χ2v) is 8.63. The van der Waals surface area contributed by atoms with Gasteiger partial charge in [0.15, 0.2) is 0 Å². The Balaban J connectivity index is 4.03. The summed E-state index contributed by atoms with van der Waals surface area (Å²) in [6, 6.07) is 0. The van der Waals surface area contributed by atoms with Crippen LogP contribution in [0, 0.1) is 11.8 Å². The Labute approximate surface area is 161 Å². The molecule has 0 aliphatic carbocycles. The van der Waals surface area contributed by atoms with E-state index in [9.17, 15) is 0 Å². The summed E-state index contributed by atoms with van der Waals surface area (Å²) >= 11 is 0. The highest BCUT2D eigenvalue weighted by atomic mass is 14.2. The van der Waals surface area contributed by atoms with Crippen molar-refractivity contribution >= 4 is 0 Å². The van der Waals surface area contributed by atoms with Gasteiger partial charge in [-0.25, -0.2) is 0 Å². The van der Waals surface area contributed by atoms with Crippen molar-refractivity contribution < 1.29 is 0 Å². The van der Waals surface area contributed by atoms with Crippen molar-refractivity contribution in [2.45, 2.75) is 150 Å². The maximum Gasteiger partial charge on any atom is -0.0412 e. The summed E-state index contributed by atoms with van der Waals surface area (Å²) in [7, 11) is 0. The van der Waals surface area contributed by atoms with Gasteiger partial charge >= 0.3 is 0 Å². The second kappa shape index (κ2) is 20.3. The molecule has 152 valence electrons. The molecule has 25 heavy (non-hydrogen) atoms. The first-order valence-electron chi connectivity index (χ1n) is 12.3. The van der Waals surface area contributed by atoms with E-state index >= 15 is 0 Å². The molecule has 2 atom stereocenters. The summed E-state index contributed by atoms with van der Waals surface area (Å²) in [6.45, 7) is 9.41. The molecule has 0 fully saturated rings. The molecule has 0 aliphatic heterocycles. The van der Waals surface area contributed by atoms with Gasteiger partial charge in [-0.15, -0.1) is 0 Å². The molecule has 0 aromatic carbocycles. The molecule has 2 unspecified atom stereocenters. The van der Waals surface area contributed by atoms with Gasteiger partial charge in [-0.1, -0.05) is 143 Å². The Kier molecular flexibility index (Phi) is 20.3. The van der Waals surface area contributed by atoms with Crippen LogP contribution in [0.4, 0.5) is 0 Å². The van der Waals surface area contributed by atoms with Crippen LogP contribution in [0.2, 0.25) is 0 Å². The quantitative estimate of drug-likeness (QED) is 0.191. The van der Waals surface area contributed by atoms with Gasteiger partial charge in [0.05, 0.1) is 0 Å². The minimum atomic E-state index is 1.01. The van der Waals surface area contributed by atoms with E-state index in [1.54, 1.807) is 0 Å². The van der Waals surface area contributed by atoms with Gasteiger partial charge in [0.1, 0.15) is 0 Å². The zero-order valence-electron chi connectivity index (χ0n) is 18.6. The number of hydrogen-bond donors (Lipinski definition) is 0. The Morgan fingerprint density at radius 1 is 0.400 bits per heavy atom. The summed E-state index contributed by atoms with van der Waals surface area (Å²) in [5.74, 6) is 2.03. The minimum Gasteiger partial charge on any atom is -0.0654 e. The smallest absolute Gasteiger partial charge is 0.0412 e. The van der Waals surface area contributed by atoms with E-state index in [1.165, 1.54) is 122 Å². The van der Waals surface area contributed by atoms with Crippen LogP contribution in [0.25, 0.3) is 0 Å². The van der Waals surface area contributed by atoms with E-state index in [2.05, 4.69) is 27.7 Å². The van der Waals surface area contributed by atoms with Crippen molar-refractivity contribution in [3.8, 4) is 0 Å². The molecular formula is C25H52. The first kappa shape index (κ1) is 25.0. The second-order valence-electron chi connectivity index (χ2n) is 8.63. The van der Waals surface area contributed by atoms with Crippen LogP contribution >= 0.6 is 0 Å². The maximum atomic E-state index is 2.44. The molecule has 0 saturated heterocycles. The van der Waals surface area contributed by atoms with Crippen LogP contribution < -0.4 is 0 Å². The molecule has 0 heterocycles. The molecule has 0 aromatic rings. The molecule has 0 spiro atoms. The first-order valence-corrected chi connectivity index (χ1v) is 12.3. The fraction of sp³-hybridized carbons (Fsp3) is 1.00. The molecular weight excluding hydrogens is 300 g/mol. The van der Waals surface area contributed by atoms with E-state index in [4.69, 9.17) is 0 Å². The van der Waals surface area contributed by atoms with Crippen LogP contribution in [-0.2, 0) is 0 Å². The molecule has 0 saturated carbocycles. The standard InChI is InChI=1S/C25H52/c1-5-9-12-14-16-18-20-24(8-4)23-25(21-17-11-7-3)22-19-15-13-10-6-2/h24-25H,5-23H2,1-4H3. The van der Waals surface area contributed by atoms with Gasteiger partial charge in [-0.05, 0) is 18.3 Å². The van der Waals surface area contributed by atoms with Crippen LogP contribution in [0.15, 0.2) is 0 Å². The van der Waals surface area contributed by atoms with Gasteiger partial charge in [0.25, 0.3) is 0 Å².